The lowest BCUT2D eigenvalue weighted by molar-refractivity contribution is 0.00860. The zero-order chi connectivity index (χ0) is 19.6. The third-order valence-electron chi connectivity index (χ3n) is 4.97. The molecule has 1 fully saturated rings. The van der Waals surface area contributed by atoms with Crippen LogP contribution in [0.4, 0.5) is 8.78 Å². The zero-order valence-electron chi connectivity index (χ0n) is 16.0. The number of nitrogens with one attached hydrogen (secondary N) is 1. The fraction of sp³-hybridized carbons (Fsp3) is 0.600. The lowest BCUT2D eigenvalue weighted by atomic mass is 9.92. The average Bonchev–Trinajstić information content (AvgIpc) is 3.05. The minimum atomic E-state index is -2.67. The molecule has 1 amide bonds. The van der Waals surface area contributed by atoms with E-state index < -0.39 is 6.43 Å². The summed E-state index contributed by atoms with van der Waals surface area (Å²) in [7, 11) is 0. The van der Waals surface area contributed by atoms with Crippen molar-refractivity contribution >= 4 is 11.6 Å². The molecule has 27 heavy (non-hydrogen) atoms. The third kappa shape index (κ3) is 4.64. The van der Waals surface area contributed by atoms with E-state index in [1.807, 2.05) is 0 Å². The van der Waals surface area contributed by atoms with Gasteiger partial charge in [0.15, 0.2) is 0 Å². The highest BCUT2D eigenvalue weighted by Crippen LogP contribution is 2.24. The molecule has 0 spiro atoms. The quantitative estimate of drug-likeness (QED) is 0.814. The van der Waals surface area contributed by atoms with E-state index in [1.165, 1.54) is 6.07 Å². The van der Waals surface area contributed by atoms with E-state index >= 15 is 0 Å². The maximum atomic E-state index is 13.1. The highest BCUT2D eigenvalue weighted by Gasteiger charge is 2.25. The molecular formula is C20H27F2N3O2. The Balaban J connectivity index is 1.65. The summed E-state index contributed by atoms with van der Waals surface area (Å²) in [6.45, 7) is 6.74. The summed E-state index contributed by atoms with van der Waals surface area (Å²) in [4.78, 5) is 16.7. The number of nitrogens with zero attached hydrogens (tertiary/aromatic N) is 2. The summed E-state index contributed by atoms with van der Waals surface area (Å²) in [5.41, 5.74) is 0.920. The number of aromatic nitrogens is 2. The molecule has 0 unspecified atom stereocenters. The minimum absolute atomic E-state index is 0.0747. The van der Waals surface area contributed by atoms with E-state index in [2.05, 4.69) is 24.1 Å². The van der Waals surface area contributed by atoms with Crippen LogP contribution in [0.5, 0.6) is 0 Å². The van der Waals surface area contributed by atoms with E-state index in [-0.39, 0.29) is 29.4 Å². The van der Waals surface area contributed by atoms with Crippen LogP contribution in [0.15, 0.2) is 18.3 Å². The van der Waals surface area contributed by atoms with Gasteiger partial charge in [-0.1, -0.05) is 13.8 Å². The van der Waals surface area contributed by atoms with Gasteiger partial charge in [-0.05, 0) is 50.7 Å². The molecule has 0 aromatic carbocycles. The number of hydrogen-bond donors (Lipinski definition) is 1. The Morgan fingerprint density at radius 2 is 2.04 bits per heavy atom. The number of rotatable bonds is 6. The number of ether oxygens (including phenoxy) is 1. The number of carbonyl (C=O) groups excluding carboxylic acids is 1. The largest absolute Gasteiger partial charge is 0.378 e. The Kier molecular flexibility index (Phi) is 6.09. The van der Waals surface area contributed by atoms with Crippen LogP contribution in [0.3, 0.4) is 0 Å². The predicted molar refractivity (Wildman–Crippen MR) is 99.2 cm³/mol. The van der Waals surface area contributed by atoms with E-state index in [0.717, 1.165) is 32.3 Å². The van der Waals surface area contributed by atoms with Gasteiger partial charge in [0, 0.05) is 24.5 Å². The molecule has 5 nitrogen and oxygen atoms in total. The van der Waals surface area contributed by atoms with Crippen molar-refractivity contribution in [2.75, 3.05) is 6.61 Å². The third-order valence-corrected chi connectivity index (χ3v) is 4.97. The molecule has 148 valence electrons. The summed E-state index contributed by atoms with van der Waals surface area (Å²) in [6.07, 6.45) is 2.83. The van der Waals surface area contributed by atoms with E-state index in [0.29, 0.717) is 17.2 Å². The Morgan fingerprint density at radius 3 is 2.67 bits per heavy atom. The van der Waals surface area contributed by atoms with Crippen molar-refractivity contribution in [2.45, 2.75) is 65.0 Å². The van der Waals surface area contributed by atoms with Crippen LogP contribution in [0, 0.1) is 12.8 Å². The van der Waals surface area contributed by atoms with Gasteiger partial charge in [-0.2, -0.15) is 0 Å². The van der Waals surface area contributed by atoms with E-state index in [1.54, 1.807) is 23.6 Å². The molecule has 1 aliphatic carbocycles. The van der Waals surface area contributed by atoms with Gasteiger partial charge in [-0.3, -0.25) is 4.79 Å². The first kappa shape index (κ1) is 19.7. The normalized spacial score (nSPS) is 20.6. The zero-order valence-corrected chi connectivity index (χ0v) is 16.0. The molecule has 1 saturated carbocycles. The molecule has 1 N–H and O–H groups in total. The van der Waals surface area contributed by atoms with Crippen molar-refractivity contribution in [3.63, 3.8) is 0 Å². The molecule has 2 aromatic rings. The van der Waals surface area contributed by atoms with Gasteiger partial charge in [0.25, 0.3) is 12.3 Å². The van der Waals surface area contributed by atoms with Gasteiger partial charge in [0.1, 0.15) is 11.3 Å². The Hall–Kier alpha value is -2.02. The molecule has 1 aliphatic rings. The monoisotopic (exact) mass is 379 g/mol. The SMILES string of the molecule is Cc1cc(C(F)F)nc2c(C(=O)NC3CCC(OCC(C)C)CC3)ccn12. The highest BCUT2D eigenvalue weighted by atomic mass is 19.3. The topological polar surface area (TPSA) is 55.6 Å². The second-order valence-electron chi connectivity index (χ2n) is 7.72. The summed E-state index contributed by atoms with van der Waals surface area (Å²) in [5, 5.41) is 3.03. The Bertz CT molecular complexity index is 796. The van der Waals surface area contributed by atoms with Crippen molar-refractivity contribution in [3.8, 4) is 0 Å². The van der Waals surface area contributed by atoms with Crippen molar-refractivity contribution in [2.24, 2.45) is 5.92 Å². The van der Waals surface area contributed by atoms with Gasteiger partial charge in [-0.25, -0.2) is 13.8 Å². The molecule has 0 atom stereocenters. The summed E-state index contributed by atoms with van der Waals surface area (Å²) in [5.74, 6) is 0.252. The minimum Gasteiger partial charge on any atom is -0.378 e. The van der Waals surface area contributed by atoms with Crippen molar-refractivity contribution in [3.05, 3.63) is 35.3 Å². The fourth-order valence-corrected chi connectivity index (χ4v) is 3.52. The number of fused-ring (bicyclic) bond motifs is 1. The van der Waals surface area contributed by atoms with Crippen LogP contribution in [-0.2, 0) is 4.74 Å². The van der Waals surface area contributed by atoms with Crippen LogP contribution < -0.4 is 5.32 Å². The smallest absolute Gasteiger partial charge is 0.280 e. The van der Waals surface area contributed by atoms with Gasteiger partial charge in [0.2, 0.25) is 0 Å². The van der Waals surface area contributed by atoms with Crippen LogP contribution in [0.25, 0.3) is 5.65 Å². The number of carbonyl (C=O) groups is 1. The fourth-order valence-electron chi connectivity index (χ4n) is 3.52. The number of halogens is 2. The number of hydrogen-bond acceptors (Lipinski definition) is 3. The van der Waals surface area contributed by atoms with Gasteiger partial charge < -0.3 is 14.5 Å². The molecular weight excluding hydrogens is 352 g/mol. The summed E-state index contributed by atoms with van der Waals surface area (Å²) in [6, 6.07) is 3.06. The predicted octanol–water partition coefficient (Wildman–Crippen LogP) is 4.29. The highest BCUT2D eigenvalue weighted by molar-refractivity contribution is 6.00. The average molecular weight is 379 g/mol. The molecule has 0 bridgehead atoms. The van der Waals surface area contributed by atoms with E-state index in [9.17, 15) is 13.6 Å². The maximum absolute atomic E-state index is 13.1. The van der Waals surface area contributed by atoms with Crippen LogP contribution in [-0.4, -0.2) is 34.0 Å². The van der Waals surface area contributed by atoms with Crippen LogP contribution >= 0.6 is 0 Å². The number of amides is 1. The number of aryl methyl sites for hydroxylation is 1. The first-order chi connectivity index (χ1) is 12.8. The first-order valence-corrected chi connectivity index (χ1v) is 9.54. The molecule has 7 heteroatoms. The molecule has 2 heterocycles. The molecule has 0 aliphatic heterocycles. The molecule has 2 aromatic heterocycles. The number of alkyl halides is 2. The Labute approximate surface area is 158 Å². The standard InChI is InChI=1S/C20H27F2N3O2/c1-12(2)11-27-15-6-4-14(5-7-15)23-20(26)16-8-9-25-13(3)10-17(18(21)22)24-19(16)25/h8-10,12,14-15,18H,4-7,11H2,1-3H3,(H,23,26). The maximum Gasteiger partial charge on any atom is 0.280 e. The second kappa shape index (κ2) is 8.33. The van der Waals surface area contributed by atoms with Gasteiger partial charge >= 0.3 is 0 Å². The second-order valence-corrected chi connectivity index (χ2v) is 7.72. The van der Waals surface area contributed by atoms with Crippen molar-refractivity contribution < 1.29 is 18.3 Å². The van der Waals surface area contributed by atoms with Crippen LogP contribution in [0.2, 0.25) is 0 Å². The lowest BCUT2D eigenvalue weighted by Crippen LogP contribution is -2.39. The molecule has 0 radical (unpaired) electrons. The van der Waals surface area contributed by atoms with Crippen LogP contribution in [0.1, 0.15) is 67.7 Å². The van der Waals surface area contributed by atoms with Gasteiger partial charge in [0.05, 0.1) is 11.7 Å². The Morgan fingerprint density at radius 1 is 1.33 bits per heavy atom. The van der Waals surface area contributed by atoms with Crippen molar-refractivity contribution in [1.29, 1.82) is 0 Å². The summed E-state index contributed by atoms with van der Waals surface area (Å²) >= 11 is 0. The summed E-state index contributed by atoms with van der Waals surface area (Å²) < 4.78 is 33.6. The van der Waals surface area contributed by atoms with Gasteiger partial charge in [-0.15, -0.1) is 0 Å². The lowest BCUT2D eigenvalue weighted by Gasteiger charge is -2.29. The van der Waals surface area contributed by atoms with E-state index in [4.69, 9.17) is 4.74 Å². The van der Waals surface area contributed by atoms with Crippen molar-refractivity contribution in [1.82, 2.24) is 14.7 Å². The molecule has 3 rings (SSSR count). The molecule has 0 saturated heterocycles. The first-order valence-electron chi connectivity index (χ1n) is 9.54.